The summed E-state index contributed by atoms with van der Waals surface area (Å²) in [6.45, 7) is 2.51. The third-order valence-corrected chi connectivity index (χ3v) is 9.49. The molecule has 0 amide bonds. The van der Waals surface area contributed by atoms with Gasteiger partial charge in [-0.2, -0.15) is 13.2 Å². The Morgan fingerprint density at radius 3 is 2.24 bits per heavy atom. The lowest BCUT2D eigenvalue weighted by molar-refractivity contribution is -0.319. The Labute approximate surface area is 245 Å². The van der Waals surface area contributed by atoms with Crippen molar-refractivity contribution in [2.75, 3.05) is 45.2 Å². The molecule has 0 radical (unpaired) electrons. The second kappa shape index (κ2) is 12.4. The van der Waals surface area contributed by atoms with Gasteiger partial charge in [0.05, 0.1) is 0 Å². The summed E-state index contributed by atoms with van der Waals surface area (Å²) >= 11 is 6.62. The van der Waals surface area contributed by atoms with Gasteiger partial charge in [-0.1, -0.05) is 48.0 Å². The molecule has 3 fully saturated rings. The molecule has 6 nitrogen and oxygen atoms in total. The largest absolute Gasteiger partial charge is 0.425 e. The van der Waals surface area contributed by atoms with Crippen LogP contribution in [0.15, 0.2) is 48.5 Å². The number of epoxide rings is 1. The summed E-state index contributed by atoms with van der Waals surface area (Å²) in [5, 5.41) is 22.5. The van der Waals surface area contributed by atoms with Crippen molar-refractivity contribution in [3.05, 3.63) is 64.7 Å². The first-order chi connectivity index (χ1) is 19.5. The predicted molar refractivity (Wildman–Crippen MR) is 154 cm³/mol. The van der Waals surface area contributed by atoms with Gasteiger partial charge in [0.2, 0.25) is 5.60 Å². The number of aliphatic hydroxyl groups is 2. The molecule has 2 N–H and O–H groups in total. The molecule has 41 heavy (non-hydrogen) atoms. The SMILES string of the molecule is CN(C)C1OC1c1ccc(N2CCC(CC3CCCN(C(O)[C@](O)(c4ccccc4)C(F)(F)F)CC3)CC2)cc1Cl. The third-order valence-electron chi connectivity index (χ3n) is 9.16. The van der Waals surface area contributed by atoms with Gasteiger partial charge in [0.15, 0.2) is 0 Å². The average Bonchev–Trinajstić information content (AvgIpc) is 3.77. The lowest BCUT2D eigenvalue weighted by Gasteiger charge is -2.40. The van der Waals surface area contributed by atoms with Crippen molar-refractivity contribution in [2.45, 2.75) is 68.9 Å². The normalized spacial score (nSPS) is 27.0. The lowest BCUT2D eigenvalue weighted by Crippen LogP contribution is -2.58. The Balaban J connectivity index is 1.13. The highest BCUT2D eigenvalue weighted by Crippen LogP contribution is 2.45. The first-order valence-electron chi connectivity index (χ1n) is 14.6. The molecule has 0 bridgehead atoms. The molecule has 3 aliphatic heterocycles. The summed E-state index contributed by atoms with van der Waals surface area (Å²) in [4.78, 5) is 5.82. The number of likely N-dealkylation sites (N-methyl/N-ethyl adjacent to an activating group) is 1. The van der Waals surface area contributed by atoms with Gasteiger partial charge in [0.25, 0.3) is 0 Å². The van der Waals surface area contributed by atoms with Gasteiger partial charge in [0, 0.05) is 42.5 Å². The van der Waals surface area contributed by atoms with Gasteiger partial charge < -0.3 is 19.8 Å². The van der Waals surface area contributed by atoms with Crippen LogP contribution in [0.5, 0.6) is 0 Å². The number of rotatable bonds is 8. The number of halogens is 4. The molecule has 2 aromatic rings. The van der Waals surface area contributed by atoms with Crippen molar-refractivity contribution in [2.24, 2.45) is 11.8 Å². The van der Waals surface area contributed by atoms with Gasteiger partial charge in [-0.3, -0.25) is 9.80 Å². The number of anilines is 1. The fourth-order valence-electron chi connectivity index (χ4n) is 6.65. The van der Waals surface area contributed by atoms with Crippen molar-refractivity contribution in [1.29, 1.82) is 0 Å². The van der Waals surface area contributed by atoms with E-state index in [0.29, 0.717) is 37.8 Å². The highest BCUT2D eigenvalue weighted by Gasteiger charge is 2.61. The number of piperidine rings is 1. The monoisotopic (exact) mass is 595 g/mol. The summed E-state index contributed by atoms with van der Waals surface area (Å²) in [5.41, 5.74) is -1.55. The Kier molecular flexibility index (Phi) is 9.24. The van der Waals surface area contributed by atoms with Crippen LogP contribution < -0.4 is 4.90 Å². The first kappa shape index (κ1) is 30.6. The zero-order valence-corrected chi connectivity index (χ0v) is 24.5. The number of hydrogen-bond donors (Lipinski definition) is 2. The average molecular weight is 596 g/mol. The third kappa shape index (κ3) is 6.55. The molecule has 0 spiro atoms. The van der Waals surface area contributed by atoms with Gasteiger partial charge in [-0.25, -0.2) is 0 Å². The van der Waals surface area contributed by atoms with Gasteiger partial charge in [-0.15, -0.1) is 0 Å². The molecule has 0 aliphatic carbocycles. The standard InChI is InChI=1S/C31H41ClF3N3O3/c1-36(2)28-27(41-28)25-11-10-24(20-26(25)32)37-16-12-22(13-17-37)19-21-7-6-15-38(18-14-21)29(39)30(40,31(33,34)35)23-8-4-3-5-9-23/h3-5,8-11,20-22,27-29,39-40H,6-7,12-19H2,1-2H3/t21?,27?,28?,29?,30-/m1/s1. The molecule has 0 saturated carbocycles. The van der Waals surface area contributed by atoms with Crippen molar-refractivity contribution >= 4 is 17.3 Å². The summed E-state index contributed by atoms with van der Waals surface area (Å²) in [7, 11) is 3.98. The minimum atomic E-state index is -5.02. The van der Waals surface area contributed by atoms with E-state index in [1.807, 2.05) is 25.1 Å². The zero-order chi connectivity index (χ0) is 29.4. The Morgan fingerprint density at radius 1 is 0.976 bits per heavy atom. The van der Waals surface area contributed by atoms with Crippen LogP contribution in [-0.2, 0) is 10.3 Å². The molecule has 5 rings (SSSR count). The summed E-state index contributed by atoms with van der Waals surface area (Å²) in [6.07, 6.45) is -1.54. The Morgan fingerprint density at radius 2 is 1.63 bits per heavy atom. The van der Waals surface area contributed by atoms with E-state index >= 15 is 0 Å². The highest BCUT2D eigenvalue weighted by molar-refractivity contribution is 6.31. The quantitative estimate of drug-likeness (QED) is 0.378. The van der Waals surface area contributed by atoms with E-state index in [1.54, 1.807) is 6.07 Å². The summed E-state index contributed by atoms with van der Waals surface area (Å²) in [6, 6.07) is 13.1. The second-order valence-corrected chi connectivity index (χ2v) is 12.5. The maximum Gasteiger partial charge on any atom is 0.425 e. The number of nitrogens with zero attached hydrogens (tertiary/aromatic N) is 3. The number of likely N-dealkylation sites (tertiary alicyclic amines) is 1. The van der Waals surface area contributed by atoms with E-state index in [4.69, 9.17) is 16.3 Å². The summed E-state index contributed by atoms with van der Waals surface area (Å²) in [5.74, 6) is 0.941. The second-order valence-electron chi connectivity index (χ2n) is 12.1. The van der Waals surface area contributed by atoms with Crippen molar-refractivity contribution in [3.63, 3.8) is 0 Å². The molecular weight excluding hydrogens is 555 g/mol. The molecule has 3 heterocycles. The van der Waals surface area contributed by atoms with Gasteiger partial charge in [-0.05, 0) is 82.2 Å². The molecule has 2 aromatic carbocycles. The van der Waals surface area contributed by atoms with Crippen molar-refractivity contribution < 1.29 is 28.1 Å². The van der Waals surface area contributed by atoms with Crippen molar-refractivity contribution in [3.8, 4) is 0 Å². The number of aliphatic hydroxyl groups excluding tert-OH is 1. The van der Waals surface area contributed by atoms with Crippen LogP contribution in [0.1, 0.15) is 55.8 Å². The van der Waals surface area contributed by atoms with Crippen LogP contribution in [0.4, 0.5) is 18.9 Å². The van der Waals surface area contributed by atoms with Crippen LogP contribution in [0.25, 0.3) is 0 Å². The number of alkyl halides is 3. The minimum Gasteiger partial charge on any atom is -0.375 e. The molecule has 4 unspecified atom stereocenters. The van der Waals surface area contributed by atoms with Crippen LogP contribution in [-0.4, -0.2) is 78.9 Å². The number of benzene rings is 2. The maximum absolute atomic E-state index is 14.1. The molecule has 5 atom stereocenters. The minimum absolute atomic E-state index is 0.0227. The maximum atomic E-state index is 14.1. The van der Waals surface area contributed by atoms with E-state index < -0.39 is 18.0 Å². The topological polar surface area (TPSA) is 62.7 Å². The number of ether oxygens (including phenoxy) is 1. The Hall–Kier alpha value is -1.88. The molecule has 3 aliphatic rings. The smallest absolute Gasteiger partial charge is 0.375 e. The molecule has 3 saturated heterocycles. The fraction of sp³-hybridized carbons (Fsp3) is 0.613. The van der Waals surface area contributed by atoms with E-state index in [9.17, 15) is 23.4 Å². The van der Waals surface area contributed by atoms with Crippen LogP contribution in [0.2, 0.25) is 5.02 Å². The molecule has 0 aromatic heterocycles. The van der Waals surface area contributed by atoms with Crippen LogP contribution in [0.3, 0.4) is 0 Å². The zero-order valence-electron chi connectivity index (χ0n) is 23.7. The highest BCUT2D eigenvalue weighted by atomic mass is 35.5. The molecule has 10 heteroatoms. The Bertz CT molecular complexity index is 1160. The van der Waals surface area contributed by atoms with Crippen LogP contribution >= 0.6 is 11.6 Å². The number of hydrogen-bond acceptors (Lipinski definition) is 6. The predicted octanol–water partition coefficient (Wildman–Crippen LogP) is 5.78. The van der Waals surface area contributed by atoms with Crippen molar-refractivity contribution in [1.82, 2.24) is 9.80 Å². The van der Waals surface area contributed by atoms with E-state index in [2.05, 4.69) is 17.0 Å². The molecule has 226 valence electrons. The summed E-state index contributed by atoms with van der Waals surface area (Å²) < 4.78 is 48.1. The van der Waals surface area contributed by atoms with Gasteiger partial charge in [0.1, 0.15) is 18.6 Å². The van der Waals surface area contributed by atoms with E-state index in [-0.39, 0.29) is 17.9 Å². The van der Waals surface area contributed by atoms with E-state index in [1.165, 1.54) is 29.2 Å². The molecular formula is C31H41ClF3N3O3. The lowest BCUT2D eigenvalue weighted by atomic mass is 9.84. The fourth-order valence-corrected chi connectivity index (χ4v) is 6.93. The van der Waals surface area contributed by atoms with Crippen LogP contribution in [0, 0.1) is 11.8 Å². The van der Waals surface area contributed by atoms with Gasteiger partial charge >= 0.3 is 6.18 Å². The first-order valence-corrected chi connectivity index (χ1v) is 15.0. The van der Waals surface area contributed by atoms with E-state index in [0.717, 1.165) is 55.0 Å².